The van der Waals surface area contributed by atoms with Crippen molar-refractivity contribution in [3.05, 3.63) is 65.2 Å². The van der Waals surface area contributed by atoms with E-state index in [1.807, 2.05) is 18.2 Å². The van der Waals surface area contributed by atoms with Crippen LogP contribution in [0, 0.1) is 25.1 Å². The highest BCUT2D eigenvalue weighted by Crippen LogP contribution is 2.27. The second-order valence-electron chi connectivity index (χ2n) is 5.72. The van der Waals surface area contributed by atoms with Gasteiger partial charge in [-0.25, -0.2) is 14.4 Å². The lowest BCUT2D eigenvalue weighted by Gasteiger charge is -2.11. The van der Waals surface area contributed by atoms with Gasteiger partial charge in [0, 0.05) is 16.6 Å². The van der Waals surface area contributed by atoms with Gasteiger partial charge in [-0.3, -0.25) is 0 Å². The molecule has 1 N–H and O–H groups in total. The van der Waals surface area contributed by atoms with Crippen molar-refractivity contribution in [3.63, 3.8) is 0 Å². The molecule has 3 nitrogen and oxygen atoms in total. The molecule has 0 radical (unpaired) electrons. The summed E-state index contributed by atoms with van der Waals surface area (Å²) in [6.07, 6.45) is 12.1. The van der Waals surface area contributed by atoms with Gasteiger partial charge in [0.1, 0.15) is 18.0 Å². The summed E-state index contributed by atoms with van der Waals surface area (Å²) in [4.78, 5) is 8.65. The van der Waals surface area contributed by atoms with Crippen LogP contribution >= 0.6 is 0 Å². The Morgan fingerprint density at radius 1 is 1.24 bits per heavy atom. The molecule has 25 heavy (non-hydrogen) atoms. The first-order chi connectivity index (χ1) is 12.1. The Morgan fingerprint density at radius 3 is 2.80 bits per heavy atom. The minimum Gasteiger partial charge on any atom is -0.340 e. The average molecular weight is 331 g/mol. The summed E-state index contributed by atoms with van der Waals surface area (Å²) in [6.45, 7) is 3.80. The zero-order chi connectivity index (χ0) is 17.8. The molecule has 0 aliphatic rings. The van der Waals surface area contributed by atoms with Crippen molar-refractivity contribution in [1.82, 2.24) is 9.97 Å². The van der Waals surface area contributed by atoms with E-state index < -0.39 is 0 Å². The molecule has 0 amide bonds. The standard InChI is InChI=1S/C21H18FN3/c1-4-6-7-16-11-18-20(12-15(16)5-2)23-13-24-21(18)25-17-8-9-19(22)14(3)10-17/h2,6-13H,4H2,1,3H3,(H,23,24,25)/b7-6+. The lowest BCUT2D eigenvalue weighted by atomic mass is 10.0. The maximum Gasteiger partial charge on any atom is 0.141 e. The van der Waals surface area contributed by atoms with E-state index in [9.17, 15) is 4.39 Å². The van der Waals surface area contributed by atoms with Crippen LogP contribution in [0.3, 0.4) is 0 Å². The van der Waals surface area contributed by atoms with E-state index in [1.54, 1.807) is 19.1 Å². The number of terminal acetylenes is 1. The molecule has 4 heteroatoms. The Labute approximate surface area is 146 Å². The van der Waals surface area contributed by atoms with Gasteiger partial charge in [-0.1, -0.05) is 25.0 Å². The lowest BCUT2D eigenvalue weighted by molar-refractivity contribution is 0.619. The van der Waals surface area contributed by atoms with Crippen molar-refractivity contribution in [2.75, 3.05) is 5.32 Å². The van der Waals surface area contributed by atoms with Gasteiger partial charge in [-0.2, -0.15) is 0 Å². The first-order valence-corrected chi connectivity index (χ1v) is 8.07. The summed E-state index contributed by atoms with van der Waals surface area (Å²) >= 11 is 0. The van der Waals surface area contributed by atoms with Gasteiger partial charge in [-0.05, 0) is 54.8 Å². The number of allylic oxidation sites excluding steroid dienone is 1. The zero-order valence-electron chi connectivity index (χ0n) is 14.2. The minimum atomic E-state index is -0.233. The molecule has 0 fully saturated rings. The molecule has 0 aliphatic heterocycles. The summed E-state index contributed by atoms with van der Waals surface area (Å²) in [5.74, 6) is 3.13. The maximum absolute atomic E-state index is 13.5. The molecule has 2 aromatic carbocycles. The Bertz CT molecular complexity index is 1000. The van der Waals surface area contributed by atoms with Crippen molar-refractivity contribution in [2.45, 2.75) is 20.3 Å². The second kappa shape index (κ2) is 7.14. The number of nitrogens with zero attached hydrogens (tertiary/aromatic N) is 2. The van der Waals surface area contributed by atoms with Crippen LogP contribution in [0.4, 0.5) is 15.9 Å². The first-order valence-electron chi connectivity index (χ1n) is 8.07. The third-order valence-electron chi connectivity index (χ3n) is 3.92. The molecule has 0 spiro atoms. The Balaban J connectivity index is 2.10. The molecule has 1 aromatic heterocycles. The van der Waals surface area contributed by atoms with Crippen LogP contribution in [0.5, 0.6) is 0 Å². The van der Waals surface area contributed by atoms with E-state index in [2.05, 4.69) is 34.2 Å². The Kier molecular flexibility index (Phi) is 4.76. The van der Waals surface area contributed by atoms with Crippen molar-refractivity contribution in [1.29, 1.82) is 0 Å². The highest BCUT2D eigenvalue weighted by molar-refractivity contribution is 5.93. The van der Waals surface area contributed by atoms with Crippen molar-refractivity contribution >= 4 is 28.5 Å². The number of aryl methyl sites for hydroxylation is 1. The number of aromatic nitrogens is 2. The topological polar surface area (TPSA) is 37.8 Å². The van der Waals surface area contributed by atoms with Crippen LogP contribution < -0.4 is 5.32 Å². The summed E-state index contributed by atoms with van der Waals surface area (Å²) in [7, 11) is 0. The van der Waals surface area contributed by atoms with E-state index in [-0.39, 0.29) is 5.82 Å². The molecule has 0 bridgehead atoms. The van der Waals surface area contributed by atoms with Crippen LogP contribution in [0.2, 0.25) is 0 Å². The highest BCUT2D eigenvalue weighted by Gasteiger charge is 2.09. The molecule has 3 aromatic rings. The Hall–Kier alpha value is -3.19. The maximum atomic E-state index is 13.5. The van der Waals surface area contributed by atoms with Gasteiger partial charge >= 0.3 is 0 Å². The van der Waals surface area contributed by atoms with Crippen molar-refractivity contribution in [3.8, 4) is 12.3 Å². The average Bonchev–Trinajstić information content (AvgIpc) is 2.62. The number of fused-ring (bicyclic) bond motifs is 1. The van der Waals surface area contributed by atoms with Gasteiger partial charge in [0.05, 0.1) is 5.52 Å². The van der Waals surface area contributed by atoms with Crippen LogP contribution in [-0.4, -0.2) is 9.97 Å². The van der Waals surface area contributed by atoms with Crippen molar-refractivity contribution in [2.24, 2.45) is 0 Å². The third-order valence-corrected chi connectivity index (χ3v) is 3.92. The summed E-state index contributed by atoms with van der Waals surface area (Å²) in [5.41, 5.74) is 3.84. The number of hydrogen-bond acceptors (Lipinski definition) is 3. The zero-order valence-corrected chi connectivity index (χ0v) is 14.2. The van der Waals surface area contributed by atoms with E-state index in [4.69, 9.17) is 6.42 Å². The molecule has 0 aliphatic carbocycles. The highest BCUT2D eigenvalue weighted by atomic mass is 19.1. The first kappa shape index (κ1) is 16.7. The second-order valence-corrected chi connectivity index (χ2v) is 5.72. The normalized spacial score (nSPS) is 11.0. The van der Waals surface area contributed by atoms with E-state index >= 15 is 0 Å². The van der Waals surface area contributed by atoms with E-state index in [0.717, 1.165) is 34.1 Å². The van der Waals surface area contributed by atoms with Crippen LogP contribution in [0.25, 0.3) is 17.0 Å². The quantitative estimate of drug-likeness (QED) is 0.666. The van der Waals surface area contributed by atoms with Crippen LogP contribution in [-0.2, 0) is 0 Å². The number of rotatable bonds is 4. The molecule has 0 atom stereocenters. The molecule has 124 valence electrons. The predicted octanol–water partition coefficient (Wildman–Crippen LogP) is 5.23. The van der Waals surface area contributed by atoms with Crippen LogP contribution in [0.1, 0.15) is 30.0 Å². The number of halogens is 1. The van der Waals surface area contributed by atoms with Gasteiger partial charge in [0.2, 0.25) is 0 Å². The number of hydrogen-bond donors (Lipinski definition) is 1. The van der Waals surface area contributed by atoms with Crippen LogP contribution in [0.15, 0.2) is 42.7 Å². The lowest BCUT2D eigenvalue weighted by Crippen LogP contribution is -1.98. The summed E-state index contributed by atoms with van der Waals surface area (Å²) < 4.78 is 13.5. The fourth-order valence-electron chi connectivity index (χ4n) is 2.59. The van der Waals surface area contributed by atoms with Gasteiger partial charge in [0.15, 0.2) is 0 Å². The van der Waals surface area contributed by atoms with E-state index in [1.165, 1.54) is 12.4 Å². The number of nitrogens with one attached hydrogen (secondary N) is 1. The molecular formula is C21H18FN3. The molecular weight excluding hydrogens is 313 g/mol. The molecule has 1 heterocycles. The molecule has 0 saturated carbocycles. The largest absolute Gasteiger partial charge is 0.340 e. The summed E-state index contributed by atoms with van der Waals surface area (Å²) in [5, 5.41) is 4.10. The predicted molar refractivity (Wildman–Crippen MR) is 101 cm³/mol. The minimum absolute atomic E-state index is 0.233. The fourth-order valence-corrected chi connectivity index (χ4v) is 2.59. The van der Waals surface area contributed by atoms with Gasteiger partial charge in [0.25, 0.3) is 0 Å². The Morgan fingerprint density at radius 2 is 2.08 bits per heavy atom. The molecule has 0 unspecified atom stereocenters. The SMILES string of the molecule is C#Cc1cc2ncnc(Nc3ccc(F)c(C)c3)c2cc1/C=C/CC. The van der Waals surface area contributed by atoms with Gasteiger partial charge in [-0.15, -0.1) is 6.42 Å². The molecule has 0 saturated heterocycles. The number of benzene rings is 2. The monoisotopic (exact) mass is 331 g/mol. The van der Waals surface area contributed by atoms with Crippen molar-refractivity contribution < 1.29 is 4.39 Å². The number of anilines is 2. The van der Waals surface area contributed by atoms with E-state index in [0.29, 0.717) is 11.4 Å². The van der Waals surface area contributed by atoms with Gasteiger partial charge < -0.3 is 5.32 Å². The fraction of sp³-hybridized carbons (Fsp3) is 0.143. The third kappa shape index (κ3) is 3.51. The smallest absolute Gasteiger partial charge is 0.141 e. The molecule has 3 rings (SSSR count). The summed E-state index contributed by atoms with van der Waals surface area (Å²) in [6, 6.07) is 8.73.